The van der Waals surface area contributed by atoms with Crippen molar-refractivity contribution in [2.45, 2.75) is 0 Å². The number of fused-ring (bicyclic) bond motifs is 9. The Kier molecular flexibility index (Phi) is 6.34. The van der Waals surface area contributed by atoms with Gasteiger partial charge in [0.2, 0.25) is 0 Å². The molecule has 0 atom stereocenters. The fraction of sp³-hybridized carbons (Fsp3) is 0. The fourth-order valence-electron chi connectivity index (χ4n) is 8.84. The van der Waals surface area contributed by atoms with Crippen molar-refractivity contribution in [3.63, 3.8) is 0 Å². The molecule has 9 aromatic carbocycles. The SMILES string of the molecule is c1ccc(-c2oc3cc4c(cc3c2-c2ccccc2)oc2ccc(-c3c5ccccc5c(-c5ccc6oc7ccccc7c6c5)c5ccccc35)cc24)cc1. The number of rotatable bonds is 4. The molecule has 0 radical (unpaired) electrons. The summed E-state index contributed by atoms with van der Waals surface area (Å²) in [6.45, 7) is 0. The van der Waals surface area contributed by atoms with Crippen molar-refractivity contribution >= 4 is 76.4 Å². The van der Waals surface area contributed by atoms with Gasteiger partial charge >= 0.3 is 0 Å². The first-order valence-corrected chi connectivity index (χ1v) is 18.7. The lowest BCUT2D eigenvalue weighted by atomic mass is 9.85. The normalized spacial score (nSPS) is 12.0. The van der Waals surface area contributed by atoms with Crippen LogP contribution in [0.5, 0.6) is 0 Å². The minimum atomic E-state index is 0.834. The highest BCUT2D eigenvalue weighted by molar-refractivity contribution is 6.23. The van der Waals surface area contributed by atoms with Crippen molar-refractivity contribution in [2.24, 2.45) is 0 Å². The second kappa shape index (κ2) is 11.6. The summed E-state index contributed by atoms with van der Waals surface area (Å²) in [5.74, 6) is 0.859. The summed E-state index contributed by atoms with van der Waals surface area (Å²) in [7, 11) is 0. The van der Waals surface area contributed by atoms with Gasteiger partial charge in [-0.2, -0.15) is 0 Å². The number of para-hydroxylation sites is 1. The lowest BCUT2D eigenvalue weighted by Gasteiger charge is -2.17. The highest BCUT2D eigenvalue weighted by Crippen LogP contribution is 2.47. The predicted molar refractivity (Wildman–Crippen MR) is 228 cm³/mol. The lowest BCUT2D eigenvalue weighted by molar-refractivity contribution is 0.632. The third-order valence-electron chi connectivity index (χ3n) is 11.3. The van der Waals surface area contributed by atoms with Gasteiger partial charge in [0.05, 0.1) is 0 Å². The third-order valence-corrected chi connectivity index (χ3v) is 11.3. The molecule has 0 amide bonds. The smallest absolute Gasteiger partial charge is 0.143 e. The Hall–Kier alpha value is -7.36. The Morgan fingerprint density at radius 3 is 1.24 bits per heavy atom. The van der Waals surface area contributed by atoms with Gasteiger partial charge in [-0.15, -0.1) is 0 Å². The Bertz CT molecular complexity index is 3420. The molecule has 0 aliphatic heterocycles. The summed E-state index contributed by atoms with van der Waals surface area (Å²) in [4.78, 5) is 0. The molecule has 55 heavy (non-hydrogen) atoms. The molecule has 0 saturated carbocycles. The zero-order valence-electron chi connectivity index (χ0n) is 29.5. The summed E-state index contributed by atoms with van der Waals surface area (Å²) >= 11 is 0. The molecule has 0 bridgehead atoms. The summed E-state index contributed by atoms with van der Waals surface area (Å²) in [6, 6.07) is 64.2. The summed E-state index contributed by atoms with van der Waals surface area (Å²) in [5.41, 5.74) is 12.3. The van der Waals surface area contributed by atoms with E-state index in [0.717, 1.165) is 82.9 Å². The van der Waals surface area contributed by atoms with Gasteiger partial charge < -0.3 is 13.3 Å². The fourth-order valence-corrected chi connectivity index (χ4v) is 8.84. The van der Waals surface area contributed by atoms with Crippen molar-refractivity contribution in [1.82, 2.24) is 0 Å². The second-order valence-corrected chi connectivity index (χ2v) is 14.3. The topological polar surface area (TPSA) is 39.4 Å². The maximum atomic E-state index is 6.75. The van der Waals surface area contributed by atoms with E-state index < -0.39 is 0 Å². The lowest BCUT2D eigenvalue weighted by Crippen LogP contribution is -1.90. The summed E-state index contributed by atoms with van der Waals surface area (Å²) in [5, 5.41) is 10.2. The van der Waals surface area contributed by atoms with Gasteiger partial charge in [-0.1, -0.05) is 140 Å². The van der Waals surface area contributed by atoms with E-state index in [4.69, 9.17) is 13.3 Å². The van der Waals surface area contributed by atoms with Crippen LogP contribution in [0.4, 0.5) is 0 Å². The Morgan fingerprint density at radius 1 is 0.218 bits per heavy atom. The maximum absolute atomic E-state index is 6.75. The number of furan rings is 3. The van der Waals surface area contributed by atoms with Crippen LogP contribution in [0, 0.1) is 0 Å². The van der Waals surface area contributed by atoms with Gasteiger partial charge in [0.25, 0.3) is 0 Å². The largest absolute Gasteiger partial charge is 0.456 e. The van der Waals surface area contributed by atoms with Crippen LogP contribution in [0.2, 0.25) is 0 Å². The second-order valence-electron chi connectivity index (χ2n) is 14.3. The molecule has 12 aromatic rings. The molecule has 3 nitrogen and oxygen atoms in total. The molecule has 12 rings (SSSR count). The van der Waals surface area contributed by atoms with E-state index in [-0.39, 0.29) is 0 Å². The number of hydrogen-bond donors (Lipinski definition) is 0. The van der Waals surface area contributed by atoms with Gasteiger partial charge in [0, 0.05) is 38.1 Å². The van der Waals surface area contributed by atoms with E-state index in [9.17, 15) is 0 Å². The van der Waals surface area contributed by atoms with Crippen LogP contribution >= 0.6 is 0 Å². The predicted octanol–water partition coefficient (Wildman–Crippen LogP) is 15.2. The van der Waals surface area contributed by atoms with Crippen LogP contribution in [0.15, 0.2) is 195 Å². The highest BCUT2D eigenvalue weighted by Gasteiger charge is 2.22. The Morgan fingerprint density at radius 2 is 0.636 bits per heavy atom. The van der Waals surface area contributed by atoms with E-state index in [1.807, 2.05) is 24.3 Å². The zero-order valence-corrected chi connectivity index (χ0v) is 29.5. The summed E-state index contributed by atoms with van der Waals surface area (Å²) < 4.78 is 19.6. The van der Waals surface area contributed by atoms with Crippen molar-refractivity contribution in [3.05, 3.63) is 182 Å². The van der Waals surface area contributed by atoms with Gasteiger partial charge in [-0.05, 0) is 91.8 Å². The number of hydrogen-bond acceptors (Lipinski definition) is 3. The van der Waals surface area contributed by atoms with Gasteiger partial charge in [0.15, 0.2) is 0 Å². The molecule has 3 aromatic heterocycles. The van der Waals surface area contributed by atoms with Crippen LogP contribution < -0.4 is 0 Å². The van der Waals surface area contributed by atoms with Crippen LogP contribution in [0.25, 0.3) is 121 Å². The molecule has 0 aliphatic carbocycles. The van der Waals surface area contributed by atoms with Crippen molar-refractivity contribution in [3.8, 4) is 44.7 Å². The molecule has 0 aliphatic rings. The Balaban J connectivity index is 1.09. The highest BCUT2D eigenvalue weighted by atomic mass is 16.3. The van der Waals surface area contributed by atoms with Crippen molar-refractivity contribution in [2.75, 3.05) is 0 Å². The molecular formula is C52H30O3. The van der Waals surface area contributed by atoms with Gasteiger partial charge in [0.1, 0.15) is 33.7 Å². The monoisotopic (exact) mass is 702 g/mol. The molecule has 0 N–H and O–H groups in total. The number of benzene rings is 9. The standard InChI is InChI=1S/C52H30O3/c1-3-13-31(14-4-1)51-43-30-47-42(29-48(43)55-52(51)32-15-5-2-6-16-32)41-28-34(24-26-46(41)54-47)50-38-20-9-7-18-36(38)49(37-19-8-10-21-39(37)50)33-23-25-45-40(27-33)35-17-11-12-22-44(35)53-45/h1-30H. The zero-order chi connectivity index (χ0) is 36.0. The Labute approximate surface area is 315 Å². The average Bonchev–Trinajstić information content (AvgIpc) is 3.93. The van der Waals surface area contributed by atoms with Gasteiger partial charge in [-0.3, -0.25) is 0 Å². The van der Waals surface area contributed by atoms with E-state index in [0.29, 0.717) is 0 Å². The molecule has 3 heteroatoms. The quantitative estimate of drug-likeness (QED) is 0.171. The first kappa shape index (κ1) is 30.1. The van der Waals surface area contributed by atoms with Crippen LogP contribution in [0.3, 0.4) is 0 Å². The molecule has 0 unspecified atom stereocenters. The van der Waals surface area contributed by atoms with Gasteiger partial charge in [-0.25, -0.2) is 0 Å². The minimum absolute atomic E-state index is 0.834. The minimum Gasteiger partial charge on any atom is -0.456 e. The van der Waals surface area contributed by atoms with Crippen molar-refractivity contribution < 1.29 is 13.3 Å². The maximum Gasteiger partial charge on any atom is 0.143 e. The van der Waals surface area contributed by atoms with E-state index in [2.05, 4.69) is 158 Å². The molecule has 3 heterocycles. The first-order valence-electron chi connectivity index (χ1n) is 18.7. The average molecular weight is 703 g/mol. The molecule has 0 spiro atoms. The first-order chi connectivity index (χ1) is 27.3. The van der Waals surface area contributed by atoms with E-state index in [1.54, 1.807) is 0 Å². The van der Waals surface area contributed by atoms with E-state index in [1.165, 1.54) is 38.2 Å². The molecular weight excluding hydrogens is 673 g/mol. The van der Waals surface area contributed by atoms with Crippen LogP contribution in [0.1, 0.15) is 0 Å². The molecule has 256 valence electrons. The van der Waals surface area contributed by atoms with E-state index >= 15 is 0 Å². The third kappa shape index (κ3) is 4.50. The summed E-state index contributed by atoms with van der Waals surface area (Å²) in [6.07, 6.45) is 0. The molecule has 0 saturated heterocycles. The van der Waals surface area contributed by atoms with Crippen LogP contribution in [-0.4, -0.2) is 0 Å². The van der Waals surface area contributed by atoms with Crippen molar-refractivity contribution in [1.29, 1.82) is 0 Å². The molecule has 0 fully saturated rings. The van der Waals surface area contributed by atoms with Crippen LogP contribution in [-0.2, 0) is 0 Å².